The van der Waals surface area contributed by atoms with Crippen molar-refractivity contribution in [3.05, 3.63) is 24.5 Å². The van der Waals surface area contributed by atoms with Crippen LogP contribution in [0, 0.1) is 0 Å². The van der Waals surface area contributed by atoms with Crippen LogP contribution in [0.3, 0.4) is 0 Å². The second-order valence-corrected chi connectivity index (χ2v) is 6.59. The second-order valence-electron chi connectivity index (χ2n) is 4.50. The molecular formula is C12H15N3O4S. The number of imidazole rings is 1. The van der Waals surface area contributed by atoms with Gasteiger partial charge in [-0.3, -0.25) is 4.79 Å². The zero-order valence-electron chi connectivity index (χ0n) is 11.4. The lowest BCUT2D eigenvalue weighted by atomic mass is 10.3. The highest BCUT2D eigenvalue weighted by Crippen LogP contribution is 2.19. The van der Waals surface area contributed by atoms with Gasteiger partial charge in [-0.15, -0.1) is 0 Å². The van der Waals surface area contributed by atoms with Crippen LogP contribution in [0.2, 0.25) is 0 Å². The predicted molar refractivity (Wildman–Crippen MR) is 73.8 cm³/mol. The van der Waals surface area contributed by atoms with Crippen molar-refractivity contribution in [1.29, 1.82) is 0 Å². The summed E-state index contributed by atoms with van der Waals surface area (Å²) < 4.78 is 30.3. The van der Waals surface area contributed by atoms with E-state index in [4.69, 9.17) is 4.74 Å². The maximum atomic E-state index is 11.7. The fourth-order valence-corrected chi connectivity index (χ4v) is 1.98. The molecule has 108 valence electrons. The number of benzene rings is 1. The summed E-state index contributed by atoms with van der Waals surface area (Å²) in [4.78, 5) is 15.8. The van der Waals surface area contributed by atoms with E-state index in [1.807, 2.05) is 11.6 Å². The van der Waals surface area contributed by atoms with Crippen LogP contribution in [-0.2, 0) is 21.9 Å². The van der Waals surface area contributed by atoms with E-state index < -0.39 is 16.0 Å². The summed E-state index contributed by atoms with van der Waals surface area (Å²) >= 11 is 0. The Bertz CT molecular complexity index is 751. The molecule has 0 spiro atoms. The molecule has 0 aliphatic rings. The minimum absolute atomic E-state index is 0.334. The van der Waals surface area contributed by atoms with Gasteiger partial charge in [0.1, 0.15) is 12.3 Å². The Labute approximate surface area is 116 Å². The molecule has 0 radical (unpaired) electrons. The third-order valence-electron chi connectivity index (χ3n) is 2.85. The van der Waals surface area contributed by atoms with Crippen LogP contribution in [-0.4, -0.2) is 48.1 Å². The highest BCUT2D eigenvalue weighted by molar-refractivity contribution is 7.88. The number of likely N-dealkylation sites (N-methyl/N-ethyl adjacent to an activating group) is 1. The van der Waals surface area contributed by atoms with Gasteiger partial charge >= 0.3 is 5.97 Å². The number of esters is 1. The quantitative estimate of drug-likeness (QED) is 0.601. The van der Waals surface area contributed by atoms with E-state index in [0.29, 0.717) is 11.3 Å². The summed E-state index contributed by atoms with van der Waals surface area (Å²) in [7, 11) is -0.224. The zero-order chi connectivity index (χ0) is 14.9. The number of ether oxygens (including phenoxy) is 1. The summed E-state index contributed by atoms with van der Waals surface area (Å²) in [6, 6.07) is 5.06. The van der Waals surface area contributed by atoms with Gasteiger partial charge in [0.05, 0.1) is 23.6 Å². The average Bonchev–Trinajstić information content (AvgIpc) is 2.69. The molecule has 7 nitrogen and oxygen atoms in total. The van der Waals surface area contributed by atoms with Gasteiger partial charge in [-0.05, 0) is 12.1 Å². The predicted octanol–water partition coefficient (Wildman–Crippen LogP) is 0.370. The first-order valence-electron chi connectivity index (χ1n) is 5.80. The SMILES string of the molecule is CN(CC(=O)Oc1ccc2c(c1)ncn2C)S(C)(=O)=O. The lowest BCUT2D eigenvalue weighted by Gasteiger charge is -2.12. The molecule has 0 aliphatic heterocycles. The minimum Gasteiger partial charge on any atom is -0.425 e. The Morgan fingerprint density at radius 1 is 1.45 bits per heavy atom. The largest absolute Gasteiger partial charge is 0.425 e. The molecule has 0 aliphatic carbocycles. The first-order valence-corrected chi connectivity index (χ1v) is 7.65. The number of carbonyl (C=O) groups is 1. The highest BCUT2D eigenvalue weighted by atomic mass is 32.2. The summed E-state index contributed by atoms with van der Waals surface area (Å²) in [6.45, 7) is -0.334. The molecule has 8 heteroatoms. The fourth-order valence-electron chi connectivity index (χ4n) is 1.64. The molecule has 0 amide bonds. The number of fused-ring (bicyclic) bond motifs is 1. The first kappa shape index (κ1) is 14.5. The molecule has 0 saturated heterocycles. The number of sulfonamides is 1. The van der Waals surface area contributed by atoms with Crippen molar-refractivity contribution in [3.8, 4) is 5.75 Å². The second kappa shape index (κ2) is 5.22. The van der Waals surface area contributed by atoms with Crippen molar-refractivity contribution in [1.82, 2.24) is 13.9 Å². The molecule has 0 N–H and O–H groups in total. The Morgan fingerprint density at radius 2 is 2.15 bits per heavy atom. The molecule has 2 rings (SSSR count). The first-order chi connectivity index (χ1) is 9.27. The van der Waals surface area contributed by atoms with Gasteiger partial charge in [0.15, 0.2) is 0 Å². The Kier molecular flexibility index (Phi) is 3.78. The van der Waals surface area contributed by atoms with Crippen LogP contribution < -0.4 is 4.74 Å². The number of nitrogens with zero attached hydrogens (tertiary/aromatic N) is 3. The smallest absolute Gasteiger partial charge is 0.326 e. The van der Waals surface area contributed by atoms with E-state index >= 15 is 0 Å². The van der Waals surface area contributed by atoms with E-state index in [1.54, 1.807) is 24.5 Å². The fraction of sp³-hybridized carbons (Fsp3) is 0.333. The summed E-state index contributed by atoms with van der Waals surface area (Å²) in [5.41, 5.74) is 1.62. The van der Waals surface area contributed by atoms with Crippen molar-refractivity contribution in [2.24, 2.45) is 7.05 Å². The van der Waals surface area contributed by atoms with Gasteiger partial charge in [0.2, 0.25) is 10.0 Å². The number of carbonyl (C=O) groups excluding carboxylic acids is 1. The van der Waals surface area contributed by atoms with Crippen LogP contribution in [0.4, 0.5) is 0 Å². The number of hydrogen-bond acceptors (Lipinski definition) is 5. The van der Waals surface area contributed by atoms with E-state index in [2.05, 4.69) is 4.98 Å². The van der Waals surface area contributed by atoms with E-state index in [1.165, 1.54) is 7.05 Å². The molecule has 1 heterocycles. The van der Waals surface area contributed by atoms with Gasteiger partial charge in [0.25, 0.3) is 0 Å². The van der Waals surface area contributed by atoms with Crippen molar-refractivity contribution < 1.29 is 17.9 Å². The van der Waals surface area contributed by atoms with Gasteiger partial charge < -0.3 is 9.30 Å². The standard InChI is InChI=1S/C12H15N3O4S/c1-14-8-13-10-6-9(4-5-11(10)14)19-12(16)7-15(2)20(3,17)18/h4-6,8H,7H2,1-3H3. The van der Waals surface area contributed by atoms with Crippen LogP contribution in [0.25, 0.3) is 11.0 Å². The molecule has 2 aromatic rings. The van der Waals surface area contributed by atoms with Crippen molar-refractivity contribution in [2.45, 2.75) is 0 Å². The Hall–Kier alpha value is -1.93. The monoisotopic (exact) mass is 297 g/mol. The van der Waals surface area contributed by atoms with Crippen molar-refractivity contribution >= 4 is 27.0 Å². The molecule has 0 atom stereocenters. The maximum Gasteiger partial charge on any atom is 0.326 e. The lowest BCUT2D eigenvalue weighted by molar-refractivity contribution is -0.134. The topological polar surface area (TPSA) is 81.5 Å². The highest BCUT2D eigenvalue weighted by Gasteiger charge is 2.16. The maximum absolute atomic E-state index is 11.7. The average molecular weight is 297 g/mol. The molecule has 1 aromatic heterocycles. The van der Waals surface area contributed by atoms with E-state index in [0.717, 1.165) is 16.1 Å². The lowest BCUT2D eigenvalue weighted by Crippen LogP contribution is -2.33. The van der Waals surface area contributed by atoms with E-state index in [9.17, 15) is 13.2 Å². The molecule has 1 aromatic carbocycles. The van der Waals surface area contributed by atoms with Crippen molar-refractivity contribution in [3.63, 3.8) is 0 Å². The third-order valence-corrected chi connectivity index (χ3v) is 4.11. The van der Waals surface area contributed by atoms with Gasteiger partial charge in [-0.1, -0.05) is 0 Å². The third kappa shape index (κ3) is 3.14. The number of hydrogen-bond donors (Lipinski definition) is 0. The Balaban J connectivity index is 2.10. The van der Waals surface area contributed by atoms with E-state index in [-0.39, 0.29) is 6.54 Å². The molecule has 20 heavy (non-hydrogen) atoms. The van der Waals surface area contributed by atoms with Crippen molar-refractivity contribution in [2.75, 3.05) is 19.8 Å². The normalized spacial score (nSPS) is 12.0. The molecule has 0 unspecified atom stereocenters. The van der Waals surface area contributed by atoms with Crippen LogP contribution in [0.15, 0.2) is 24.5 Å². The molecule has 0 bridgehead atoms. The van der Waals surface area contributed by atoms with Gasteiger partial charge in [-0.25, -0.2) is 13.4 Å². The van der Waals surface area contributed by atoms with Gasteiger partial charge in [-0.2, -0.15) is 4.31 Å². The summed E-state index contributed by atoms with van der Waals surface area (Å²) in [6.07, 6.45) is 2.69. The van der Waals surface area contributed by atoms with Crippen LogP contribution >= 0.6 is 0 Å². The minimum atomic E-state index is -3.40. The van der Waals surface area contributed by atoms with Gasteiger partial charge in [0, 0.05) is 20.2 Å². The number of aromatic nitrogens is 2. The van der Waals surface area contributed by atoms with Crippen LogP contribution in [0.1, 0.15) is 0 Å². The zero-order valence-corrected chi connectivity index (χ0v) is 12.2. The number of rotatable bonds is 4. The number of aryl methyl sites for hydroxylation is 1. The summed E-state index contributed by atoms with van der Waals surface area (Å²) in [5.74, 6) is -0.309. The summed E-state index contributed by atoms with van der Waals surface area (Å²) in [5, 5.41) is 0. The molecule has 0 fully saturated rings. The van der Waals surface area contributed by atoms with Crippen LogP contribution in [0.5, 0.6) is 5.75 Å². The molecular weight excluding hydrogens is 282 g/mol. The molecule has 0 saturated carbocycles. The Morgan fingerprint density at radius 3 is 2.80 bits per heavy atom.